The first-order valence-electron chi connectivity index (χ1n) is 37.9. The van der Waals surface area contributed by atoms with Crippen LogP contribution in [0, 0.1) is 35.5 Å². The van der Waals surface area contributed by atoms with Gasteiger partial charge in [-0.05, 0) is 151 Å². The molecule has 598 valence electrons. The maximum Gasteiger partial charge on any atom is 0.252 e. The highest BCUT2D eigenvalue weighted by Gasteiger charge is 2.48. The van der Waals surface area contributed by atoms with Crippen LogP contribution >= 0.6 is 0 Å². The fourth-order valence-corrected chi connectivity index (χ4v) is 13.0. The van der Waals surface area contributed by atoms with Crippen LogP contribution in [0.2, 0.25) is 0 Å². The third-order valence-corrected chi connectivity index (χ3v) is 18.9. The van der Waals surface area contributed by atoms with Crippen LogP contribution in [0.5, 0.6) is 0 Å². The minimum Gasteiger partial charge on any atom is -0.388 e. The first kappa shape index (κ1) is 90.4. The average Bonchev–Trinajstić information content (AvgIpc) is 1.64. The predicted octanol–water partition coefficient (Wildman–Crippen LogP) is -2.77. The summed E-state index contributed by atoms with van der Waals surface area (Å²) in [5.41, 5.74) is 24.3. The highest BCUT2D eigenvalue weighted by Crippen LogP contribution is 2.25. The molecular formula is C73H125N17O16. The van der Waals surface area contributed by atoms with Crippen molar-refractivity contribution in [1.82, 2.24) is 68.7 Å². The van der Waals surface area contributed by atoms with Crippen molar-refractivity contribution in [2.24, 2.45) is 58.4 Å². The maximum absolute atomic E-state index is 15.1. The van der Waals surface area contributed by atoms with Gasteiger partial charge in [-0.25, -0.2) is 0 Å². The molecule has 0 spiro atoms. The molecule has 22 N–H and O–H groups in total. The summed E-state index contributed by atoms with van der Waals surface area (Å²) in [5, 5.41) is 55.4. The Kier molecular flexibility index (Phi) is 38.4. The lowest BCUT2D eigenvalue weighted by molar-refractivity contribution is -0.143. The SMILES string of the molecule is CC(C)C[C@@H]1NC(=O)[C@H](CCCN)NC(=O)[C@H](C(C)C)NC(=O)[C@@H]2CCCN2C(=O)[C@@H](Cc2ccccc2)NC(=O)[C@H](CC(C)C)NC(=O)[C@H](CCCN)NC(=O)[C@H](C(C)C)NC(=O)[C@H](CCCN)NC(=O)[C@H](CC(C)C)NC(=O)[C@@H]2O[C@H](CNC(=O)[C@H](C(C)C)NC(=O)[C@@H](CCCN)NC1=O)[C@@H](O)[C@@H]2O. The predicted molar refractivity (Wildman–Crippen MR) is 396 cm³/mol. The second kappa shape index (κ2) is 45.0. The van der Waals surface area contributed by atoms with E-state index in [1.54, 1.807) is 99.6 Å². The van der Waals surface area contributed by atoms with E-state index in [-0.39, 0.29) is 134 Å². The van der Waals surface area contributed by atoms with E-state index in [1.165, 1.54) is 4.90 Å². The van der Waals surface area contributed by atoms with E-state index in [0.29, 0.717) is 12.0 Å². The van der Waals surface area contributed by atoms with Crippen molar-refractivity contribution in [3.8, 4) is 0 Å². The number of ether oxygens (including phenoxy) is 1. The average molecular weight is 1500 g/mol. The standard InChI is InChI=1S/C73H125N17O16/c1-38(2)33-49-65(97)79-47(25-18-30-76)63(95)87-55(41(7)8)69(101)78-37-54-58(91)59(92)60(106-54)72(104)85-51(35-40(5)6)66(98)80-48(26-19-31-77)64(96)88-56(42(9)10)70(102)81-45(23-16-28-74)62(94)84-50(34-39(3)4)67(99)86-52(36-44-21-14-13-15-22-44)73(105)90-32-20-27-53(90)68(100)89-57(43(11)12)71(103)82-46(24-17-29-75)61(93)83-49/h13-15,21-22,38-43,45-60,91-92H,16-20,23-37,74-77H2,1-12H3,(H,78,101)(H,79,97)(H,80,98)(H,81,102)(H,82,103)(H,83,93)(H,84,94)(H,85,104)(H,86,99)(H,87,95)(H,88,96)(H,89,100)/t45-,46-,47+,48-,49-,50-,51-,52+,53-,54+,55-,56-,57-,58+,59-,60+/m0/s1. The van der Waals surface area contributed by atoms with Gasteiger partial charge in [0.05, 0.1) is 0 Å². The number of nitrogens with zero attached hydrogens (tertiary/aromatic N) is 1. The summed E-state index contributed by atoms with van der Waals surface area (Å²) in [5.74, 6) is -12.8. The molecule has 3 aliphatic rings. The van der Waals surface area contributed by atoms with Crippen LogP contribution in [0.4, 0.5) is 0 Å². The number of hydrogen-bond acceptors (Lipinski definition) is 20. The van der Waals surface area contributed by atoms with Gasteiger partial charge < -0.3 is 107 Å². The van der Waals surface area contributed by atoms with Crippen LogP contribution < -0.4 is 86.7 Å². The molecule has 33 heteroatoms. The number of nitrogens with one attached hydrogen (secondary N) is 12. The number of carbonyl (C=O) groups is 13. The number of aliphatic hydroxyl groups is 2. The zero-order chi connectivity index (χ0) is 79.2. The molecule has 13 amide bonds. The molecule has 0 unspecified atom stereocenters. The minimum absolute atomic E-state index is 0.00661. The van der Waals surface area contributed by atoms with Crippen molar-refractivity contribution in [3.05, 3.63) is 35.9 Å². The van der Waals surface area contributed by atoms with E-state index in [9.17, 15) is 67.7 Å². The molecule has 3 saturated heterocycles. The Labute approximate surface area is 623 Å². The molecule has 0 aliphatic carbocycles. The fraction of sp³-hybridized carbons (Fsp3) is 0.740. The normalized spacial score (nSPS) is 28.6. The molecular weight excluding hydrogens is 1370 g/mol. The summed E-state index contributed by atoms with van der Waals surface area (Å²) in [7, 11) is 0. The second-order valence-corrected chi connectivity index (χ2v) is 30.5. The highest BCUT2D eigenvalue weighted by atomic mass is 16.5. The Balaban J connectivity index is 1.83. The molecule has 4 rings (SSSR count). The number of benzene rings is 1. The second-order valence-electron chi connectivity index (χ2n) is 30.5. The van der Waals surface area contributed by atoms with Gasteiger partial charge in [-0.15, -0.1) is 0 Å². The molecule has 3 fully saturated rings. The Bertz CT molecular complexity index is 3070. The molecule has 1 aromatic rings. The number of nitrogens with two attached hydrogens (primary N) is 4. The summed E-state index contributed by atoms with van der Waals surface area (Å²) < 4.78 is 5.86. The third-order valence-electron chi connectivity index (χ3n) is 18.9. The van der Waals surface area contributed by atoms with Crippen molar-refractivity contribution in [2.75, 3.05) is 39.3 Å². The lowest BCUT2D eigenvalue weighted by Crippen LogP contribution is -2.62. The molecule has 3 aliphatic heterocycles. The summed E-state index contributed by atoms with van der Waals surface area (Å²) in [6.07, 6.45) is -5.49. The molecule has 106 heavy (non-hydrogen) atoms. The molecule has 3 heterocycles. The van der Waals surface area contributed by atoms with E-state index in [4.69, 9.17) is 27.7 Å². The zero-order valence-corrected chi connectivity index (χ0v) is 64.1. The molecule has 16 atom stereocenters. The smallest absolute Gasteiger partial charge is 0.252 e. The molecule has 2 bridgehead atoms. The molecule has 0 radical (unpaired) electrons. The van der Waals surface area contributed by atoms with Crippen LogP contribution in [0.3, 0.4) is 0 Å². The van der Waals surface area contributed by atoms with Crippen LogP contribution in [-0.4, -0.2) is 228 Å². The van der Waals surface area contributed by atoms with Gasteiger partial charge in [0, 0.05) is 19.5 Å². The summed E-state index contributed by atoms with van der Waals surface area (Å²) in [4.78, 5) is 190. The third kappa shape index (κ3) is 28.3. The summed E-state index contributed by atoms with van der Waals surface area (Å²) in [6.45, 7) is 20.7. The van der Waals surface area contributed by atoms with Crippen molar-refractivity contribution in [2.45, 2.75) is 270 Å². The van der Waals surface area contributed by atoms with Gasteiger partial charge in [0.15, 0.2) is 6.10 Å². The first-order valence-corrected chi connectivity index (χ1v) is 37.9. The maximum atomic E-state index is 15.1. The van der Waals surface area contributed by atoms with Gasteiger partial charge in [0.25, 0.3) is 5.91 Å². The number of amides is 13. The van der Waals surface area contributed by atoms with Gasteiger partial charge in [-0.2, -0.15) is 0 Å². The number of hydrogen-bond donors (Lipinski definition) is 18. The van der Waals surface area contributed by atoms with Crippen molar-refractivity contribution in [1.29, 1.82) is 0 Å². The van der Waals surface area contributed by atoms with E-state index >= 15 is 4.79 Å². The molecule has 0 saturated carbocycles. The van der Waals surface area contributed by atoms with Crippen LogP contribution in [0.1, 0.15) is 172 Å². The minimum atomic E-state index is -1.88. The van der Waals surface area contributed by atoms with E-state index in [2.05, 4.69) is 63.8 Å². The Morgan fingerprint density at radius 1 is 0.406 bits per heavy atom. The molecule has 0 aromatic heterocycles. The highest BCUT2D eigenvalue weighted by molar-refractivity contribution is 6.00. The monoisotopic (exact) mass is 1500 g/mol. The van der Waals surface area contributed by atoms with Gasteiger partial charge in [-0.1, -0.05) is 113 Å². The van der Waals surface area contributed by atoms with Gasteiger partial charge in [-0.3, -0.25) is 62.3 Å². The molecule has 33 nitrogen and oxygen atoms in total. The van der Waals surface area contributed by atoms with Crippen LogP contribution in [0.25, 0.3) is 0 Å². The largest absolute Gasteiger partial charge is 0.388 e. The quantitative estimate of drug-likeness (QED) is 0.0527. The van der Waals surface area contributed by atoms with E-state index in [1.807, 2.05) is 13.8 Å². The summed E-state index contributed by atoms with van der Waals surface area (Å²) >= 11 is 0. The Morgan fingerprint density at radius 3 is 1.11 bits per heavy atom. The zero-order valence-electron chi connectivity index (χ0n) is 64.1. The van der Waals surface area contributed by atoms with Gasteiger partial charge in [0.2, 0.25) is 70.9 Å². The van der Waals surface area contributed by atoms with Gasteiger partial charge >= 0.3 is 0 Å². The van der Waals surface area contributed by atoms with E-state index in [0.717, 1.165) is 0 Å². The van der Waals surface area contributed by atoms with Crippen molar-refractivity contribution < 1.29 is 77.3 Å². The molecule has 1 aromatic carbocycles. The van der Waals surface area contributed by atoms with Crippen molar-refractivity contribution in [3.63, 3.8) is 0 Å². The number of carbonyl (C=O) groups excluding carboxylic acids is 13. The first-order chi connectivity index (χ1) is 50.1. The Hall–Kier alpha value is -7.95. The van der Waals surface area contributed by atoms with E-state index < -0.39 is 198 Å². The lowest BCUT2D eigenvalue weighted by atomic mass is 9.99. The van der Waals surface area contributed by atoms with Gasteiger partial charge in [0.1, 0.15) is 90.8 Å². The topological polar surface area (TPSA) is 523 Å². The Morgan fingerprint density at radius 2 is 0.736 bits per heavy atom. The number of rotatable bonds is 23. The van der Waals surface area contributed by atoms with Crippen molar-refractivity contribution >= 4 is 76.8 Å². The summed E-state index contributed by atoms with van der Waals surface area (Å²) in [6, 6.07) is -6.85. The fourth-order valence-electron chi connectivity index (χ4n) is 13.0. The van der Waals surface area contributed by atoms with Crippen LogP contribution in [0.15, 0.2) is 30.3 Å². The lowest BCUT2D eigenvalue weighted by Gasteiger charge is -2.32. The number of fused-ring (bicyclic) bond motifs is 3. The number of aliphatic hydroxyl groups excluding tert-OH is 2. The van der Waals surface area contributed by atoms with Crippen LogP contribution in [-0.2, 0) is 73.5 Å².